The smallest absolute Gasteiger partial charge is 0.306 e. The minimum atomic E-state index is -0.0405. The molecule has 0 rings (SSSR count). The Hall–Kier alpha value is -2.34. The van der Waals surface area contributed by atoms with Crippen LogP contribution in [0, 0.1) is 11.5 Å². The lowest BCUT2D eigenvalue weighted by molar-refractivity contribution is -0.150. The van der Waals surface area contributed by atoms with E-state index in [4.69, 9.17) is 20.5 Å². The number of carbonyl (C=O) groups is 2. The maximum Gasteiger partial charge on any atom is 0.306 e. The van der Waals surface area contributed by atoms with Crippen LogP contribution in [0.15, 0.2) is 4.99 Å². The second-order valence-electron chi connectivity index (χ2n) is 15.9. The van der Waals surface area contributed by atoms with Gasteiger partial charge >= 0.3 is 11.9 Å². The van der Waals surface area contributed by atoms with Gasteiger partial charge in [0.2, 0.25) is 5.96 Å². The molecule has 0 aliphatic carbocycles. The van der Waals surface area contributed by atoms with Crippen LogP contribution in [0.25, 0.3) is 0 Å². The van der Waals surface area contributed by atoms with Gasteiger partial charge in [-0.15, -0.1) is 0 Å². The van der Waals surface area contributed by atoms with Gasteiger partial charge in [0.15, 0.2) is 6.19 Å². The number of unbranched alkanes of at least 4 members (excludes halogenated alkanes) is 23. The van der Waals surface area contributed by atoms with Crippen molar-refractivity contribution in [3.05, 3.63) is 0 Å². The van der Waals surface area contributed by atoms with E-state index < -0.39 is 0 Å². The van der Waals surface area contributed by atoms with Gasteiger partial charge in [-0.25, -0.2) is 0 Å². The van der Waals surface area contributed by atoms with Crippen LogP contribution in [0.1, 0.15) is 233 Å². The molecular weight excluding hydrogens is 687 g/mol. The summed E-state index contributed by atoms with van der Waals surface area (Å²) in [4.78, 5) is 31.6. The number of aliphatic imine (C=N–C) groups is 1. The molecule has 0 fully saturated rings. The molecule has 55 heavy (non-hydrogen) atoms. The van der Waals surface area contributed by atoms with Gasteiger partial charge in [0.05, 0.1) is 6.61 Å². The number of hydrogen-bond acceptors (Lipinski definition) is 7. The number of esters is 2. The van der Waals surface area contributed by atoms with Crippen LogP contribution in [-0.2, 0) is 19.1 Å². The van der Waals surface area contributed by atoms with Crippen molar-refractivity contribution in [2.75, 3.05) is 32.8 Å². The highest BCUT2D eigenvalue weighted by molar-refractivity contribution is 5.79. The number of nitriles is 1. The summed E-state index contributed by atoms with van der Waals surface area (Å²) in [6, 6.07) is 0. The Labute approximate surface area is 340 Å². The van der Waals surface area contributed by atoms with Gasteiger partial charge in [-0.2, -0.15) is 5.26 Å². The lowest BCUT2D eigenvalue weighted by Gasteiger charge is -2.22. The topological polar surface area (TPSA) is 130 Å². The SMILES string of the molecule is CCCCCCCCCOC(=O)CCCCCCCN(CCCCCCCC(=O)OC(CCCCCCC)CCCCCCCC)CCCN=C(N)NC#N. The Morgan fingerprint density at radius 1 is 0.582 bits per heavy atom. The van der Waals surface area contributed by atoms with E-state index in [1.807, 2.05) is 6.19 Å². The van der Waals surface area contributed by atoms with Gasteiger partial charge in [0.25, 0.3) is 0 Å². The summed E-state index contributed by atoms with van der Waals surface area (Å²) in [6.07, 6.45) is 39.3. The number of rotatable bonds is 42. The van der Waals surface area contributed by atoms with E-state index in [1.165, 1.54) is 103 Å². The Balaban J connectivity index is 4.35. The Morgan fingerprint density at radius 2 is 1.00 bits per heavy atom. The number of guanidine groups is 1. The molecule has 0 saturated heterocycles. The van der Waals surface area contributed by atoms with Crippen LogP contribution in [0.3, 0.4) is 0 Å². The maximum atomic E-state index is 12.8. The fraction of sp³-hybridized carbons (Fsp3) is 0.913. The quantitative estimate of drug-likeness (QED) is 0.0156. The zero-order chi connectivity index (χ0) is 40.3. The zero-order valence-electron chi connectivity index (χ0n) is 36.5. The van der Waals surface area contributed by atoms with E-state index >= 15 is 0 Å². The molecule has 0 aromatic carbocycles. The fourth-order valence-electron chi connectivity index (χ4n) is 7.15. The number of hydrogen-bond donors (Lipinski definition) is 2. The molecule has 0 aliphatic rings. The molecule has 0 heterocycles. The summed E-state index contributed by atoms with van der Waals surface area (Å²) in [5, 5.41) is 11.1. The van der Waals surface area contributed by atoms with Crippen molar-refractivity contribution in [2.24, 2.45) is 10.7 Å². The van der Waals surface area contributed by atoms with Crippen molar-refractivity contribution in [2.45, 2.75) is 239 Å². The average Bonchev–Trinajstić information content (AvgIpc) is 3.17. The number of nitrogens with zero attached hydrogens (tertiary/aromatic N) is 3. The van der Waals surface area contributed by atoms with Gasteiger partial charge in [0, 0.05) is 19.4 Å². The van der Waals surface area contributed by atoms with Crippen LogP contribution in [-0.4, -0.2) is 61.7 Å². The lowest BCUT2D eigenvalue weighted by Crippen LogP contribution is -2.29. The first-order valence-electron chi connectivity index (χ1n) is 23.5. The Morgan fingerprint density at radius 3 is 1.51 bits per heavy atom. The zero-order valence-corrected chi connectivity index (χ0v) is 36.5. The molecule has 0 spiro atoms. The Kier molecular flexibility index (Phi) is 41.0. The molecule has 0 saturated carbocycles. The average molecular weight is 776 g/mol. The molecule has 0 aromatic heterocycles. The summed E-state index contributed by atoms with van der Waals surface area (Å²) in [6.45, 7) is 11.0. The maximum absolute atomic E-state index is 12.8. The van der Waals surface area contributed by atoms with E-state index in [2.05, 4.69) is 36.0 Å². The summed E-state index contributed by atoms with van der Waals surface area (Å²) in [5.74, 6) is 0.138. The highest BCUT2D eigenvalue weighted by Gasteiger charge is 2.14. The lowest BCUT2D eigenvalue weighted by atomic mass is 10.0. The minimum absolute atomic E-state index is 0.00252. The predicted molar refractivity (Wildman–Crippen MR) is 232 cm³/mol. The third kappa shape index (κ3) is 39.7. The first kappa shape index (κ1) is 52.7. The molecule has 0 bridgehead atoms. The van der Waals surface area contributed by atoms with Crippen molar-refractivity contribution < 1.29 is 19.1 Å². The van der Waals surface area contributed by atoms with E-state index in [0.717, 1.165) is 116 Å². The van der Waals surface area contributed by atoms with Crippen molar-refractivity contribution in [1.82, 2.24) is 10.2 Å². The van der Waals surface area contributed by atoms with Crippen LogP contribution in [0.5, 0.6) is 0 Å². The molecule has 1 unspecified atom stereocenters. The van der Waals surface area contributed by atoms with E-state index in [9.17, 15) is 9.59 Å². The molecule has 9 heteroatoms. The van der Waals surface area contributed by atoms with Gasteiger partial charge in [0.1, 0.15) is 6.10 Å². The van der Waals surface area contributed by atoms with Gasteiger partial charge in [-0.3, -0.25) is 19.9 Å². The second-order valence-corrected chi connectivity index (χ2v) is 15.9. The van der Waals surface area contributed by atoms with Crippen LogP contribution < -0.4 is 11.1 Å². The number of nitrogens with one attached hydrogen (secondary N) is 1. The summed E-state index contributed by atoms with van der Waals surface area (Å²) in [5.41, 5.74) is 5.71. The van der Waals surface area contributed by atoms with Gasteiger partial charge < -0.3 is 20.1 Å². The second kappa shape index (κ2) is 42.8. The molecule has 0 aliphatic heterocycles. The molecular formula is C46H89N5O4. The first-order valence-corrected chi connectivity index (χ1v) is 23.5. The Bertz CT molecular complexity index is 924. The molecule has 1 atom stereocenters. The number of ether oxygens (including phenoxy) is 2. The predicted octanol–water partition coefficient (Wildman–Crippen LogP) is 12.1. The summed E-state index contributed by atoms with van der Waals surface area (Å²) >= 11 is 0. The van der Waals surface area contributed by atoms with Crippen molar-refractivity contribution in [1.29, 1.82) is 5.26 Å². The summed E-state index contributed by atoms with van der Waals surface area (Å²) < 4.78 is 11.5. The molecule has 9 nitrogen and oxygen atoms in total. The molecule has 0 amide bonds. The van der Waals surface area contributed by atoms with E-state index in [-0.39, 0.29) is 24.0 Å². The van der Waals surface area contributed by atoms with Crippen molar-refractivity contribution in [3.8, 4) is 6.19 Å². The van der Waals surface area contributed by atoms with E-state index in [0.29, 0.717) is 26.0 Å². The third-order valence-electron chi connectivity index (χ3n) is 10.6. The molecule has 0 radical (unpaired) electrons. The highest BCUT2D eigenvalue weighted by Crippen LogP contribution is 2.18. The minimum Gasteiger partial charge on any atom is -0.466 e. The highest BCUT2D eigenvalue weighted by atomic mass is 16.5. The van der Waals surface area contributed by atoms with Gasteiger partial charge in [-0.1, -0.05) is 156 Å². The largest absolute Gasteiger partial charge is 0.466 e. The normalized spacial score (nSPS) is 12.2. The van der Waals surface area contributed by atoms with Crippen molar-refractivity contribution >= 4 is 17.9 Å². The molecule has 3 N–H and O–H groups in total. The standard InChI is InChI=1S/C46H89N5O4/c1-4-7-10-13-15-24-31-41-54-44(52)35-27-20-16-22-29-38-51(40-32-37-49-46(48)50-42-47)39-30-23-17-21-28-36-45(53)55-43(33-25-18-12-9-6-3)34-26-19-14-11-8-5-2/h43H,4-41H2,1-3H3,(H3,48,49,50). The number of nitrogens with two attached hydrogens (primary N) is 1. The van der Waals surface area contributed by atoms with Crippen molar-refractivity contribution in [3.63, 3.8) is 0 Å². The summed E-state index contributed by atoms with van der Waals surface area (Å²) in [7, 11) is 0. The molecule has 0 aromatic rings. The van der Waals surface area contributed by atoms with Crippen LogP contribution in [0.2, 0.25) is 0 Å². The number of carbonyl (C=O) groups excluding carboxylic acids is 2. The first-order chi connectivity index (χ1) is 27.0. The third-order valence-corrected chi connectivity index (χ3v) is 10.6. The monoisotopic (exact) mass is 776 g/mol. The fourth-order valence-corrected chi connectivity index (χ4v) is 7.15. The molecule has 322 valence electrons. The van der Waals surface area contributed by atoms with Gasteiger partial charge in [-0.05, 0) is 83.8 Å². The van der Waals surface area contributed by atoms with Crippen LogP contribution in [0.4, 0.5) is 0 Å². The van der Waals surface area contributed by atoms with Crippen LogP contribution >= 0.6 is 0 Å². The van der Waals surface area contributed by atoms with E-state index in [1.54, 1.807) is 0 Å².